The third-order valence-electron chi connectivity index (χ3n) is 7.33. The third kappa shape index (κ3) is 5.30. The van der Waals surface area contributed by atoms with Crippen molar-refractivity contribution in [3.05, 3.63) is 82.8 Å². The van der Waals surface area contributed by atoms with E-state index in [2.05, 4.69) is 61.1 Å². The summed E-state index contributed by atoms with van der Waals surface area (Å²) in [4.78, 5) is 17.6. The van der Waals surface area contributed by atoms with E-state index in [1.807, 2.05) is 12.1 Å². The number of unbranched alkanes of at least 4 members (excludes halogenated alkanes) is 1. The molecule has 0 aliphatic carbocycles. The zero-order chi connectivity index (χ0) is 25.0. The molecule has 2 aromatic carbocycles. The van der Waals surface area contributed by atoms with Crippen molar-refractivity contribution in [2.75, 3.05) is 50.9 Å². The van der Waals surface area contributed by atoms with Gasteiger partial charge < -0.3 is 19.4 Å². The average Bonchev–Trinajstić information content (AvgIpc) is 3.31. The van der Waals surface area contributed by atoms with Crippen LogP contribution in [0.5, 0.6) is 5.75 Å². The summed E-state index contributed by atoms with van der Waals surface area (Å²) in [6.07, 6.45) is 6.68. The standard InChI is InChI=1S/C29H32ClN5O2/c30-22-6-9-26-25(20-22)24-10-14-35(29-31-11-3-12-32-29)28(27(24)33-26)21-4-7-23(8-5-21)37-17-2-1-13-34-15-18-36-19-16-34/h3-9,11-12,20,28,33H,1-2,10,13-19H2/t28-/m0/s1. The van der Waals surface area contributed by atoms with Gasteiger partial charge in [0.05, 0.1) is 25.9 Å². The van der Waals surface area contributed by atoms with Gasteiger partial charge in [-0.25, -0.2) is 9.97 Å². The van der Waals surface area contributed by atoms with Crippen LogP contribution in [0.2, 0.25) is 5.02 Å². The maximum atomic E-state index is 6.35. The summed E-state index contributed by atoms with van der Waals surface area (Å²) in [6, 6.07) is 16.4. The zero-order valence-corrected chi connectivity index (χ0v) is 21.7. The molecule has 0 unspecified atom stereocenters. The second-order valence-corrected chi connectivity index (χ2v) is 10.1. The van der Waals surface area contributed by atoms with Crippen LogP contribution in [0.15, 0.2) is 60.9 Å². The lowest BCUT2D eigenvalue weighted by molar-refractivity contribution is 0.0368. The maximum Gasteiger partial charge on any atom is 0.226 e. The number of nitrogens with zero attached hydrogens (tertiary/aromatic N) is 4. The van der Waals surface area contributed by atoms with Crippen molar-refractivity contribution >= 4 is 28.5 Å². The molecule has 0 bridgehead atoms. The quantitative estimate of drug-likeness (QED) is 0.322. The number of halogens is 1. The Morgan fingerprint density at radius 2 is 1.81 bits per heavy atom. The first-order valence-electron chi connectivity index (χ1n) is 13.1. The SMILES string of the molecule is Clc1ccc2[nH]c3c(c2c1)CCN(c1ncccn1)[C@H]3c1ccc(OCCCCN2CCOCC2)cc1. The highest BCUT2D eigenvalue weighted by Crippen LogP contribution is 2.40. The molecule has 0 saturated carbocycles. The van der Waals surface area contributed by atoms with Gasteiger partial charge in [0, 0.05) is 53.6 Å². The molecule has 0 spiro atoms. The fourth-order valence-corrected chi connectivity index (χ4v) is 5.63. The molecular weight excluding hydrogens is 486 g/mol. The molecule has 1 fully saturated rings. The molecule has 1 N–H and O–H groups in total. The highest BCUT2D eigenvalue weighted by molar-refractivity contribution is 6.31. The van der Waals surface area contributed by atoms with Crippen LogP contribution in [0.1, 0.15) is 35.7 Å². The summed E-state index contributed by atoms with van der Waals surface area (Å²) in [7, 11) is 0. The molecule has 2 aromatic heterocycles. The van der Waals surface area contributed by atoms with Gasteiger partial charge in [-0.3, -0.25) is 4.90 Å². The van der Waals surface area contributed by atoms with Gasteiger partial charge in [0.15, 0.2) is 0 Å². The molecule has 2 aliphatic rings. The van der Waals surface area contributed by atoms with Gasteiger partial charge in [0.2, 0.25) is 5.95 Å². The number of rotatable bonds is 8. The lowest BCUT2D eigenvalue weighted by atomic mass is 9.92. The van der Waals surface area contributed by atoms with Gasteiger partial charge >= 0.3 is 0 Å². The molecule has 0 amide bonds. The summed E-state index contributed by atoms with van der Waals surface area (Å²) in [5.41, 5.74) is 4.76. The fraction of sp³-hybridized carbons (Fsp3) is 0.379. The molecule has 0 radical (unpaired) electrons. The average molecular weight is 518 g/mol. The van der Waals surface area contributed by atoms with Crippen molar-refractivity contribution in [3.63, 3.8) is 0 Å². The minimum Gasteiger partial charge on any atom is -0.494 e. The van der Waals surface area contributed by atoms with E-state index in [4.69, 9.17) is 21.1 Å². The Hall–Kier alpha value is -3.13. The van der Waals surface area contributed by atoms with Gasteiger partial charge in [-0.05, 0) is 73.3 Å². The van der Waals surface area contributed by atoms with E-state index in [0.29, 0.717) is 0 Å². The first kappa shape index (κ1) is 24.2. The van der Waals surface area contributed by atoms with Gasteiger partial charge in [-0.15, -0.1) is 0 Å². The van der Waals surface area contributed by atoms with Gasteiger partial charge in [-0.2, -0.15) is 0 Å². The summed E-state index contributed by atoms with van der Waals surface area (Å²) >= 11 is 6.35. The summed E-state index contributed by atoms with van der Waals surface area (Å²) < 4.78 is 11.5. The van der Waals surface area contributed by atoms with Crippen LogP contribution >= 0.6 is 11.6 Å². The topological polar surface area (TPSA) is 66.5 Å². The van der Waals surface area contributed by atoms with Crippen molar-refractivity contribution in [2.24, 2.45) is 0 Å². The van der Waals surface area contributed by atoms with Gasteiger partial charge in [-0.1, -0.05) is 23.7 Å². The van der Waals surface area contributed by atoms with Crippen LogP contribution in [0, 0.1) is 0 Å². The summed E-state index contributed by atoms with van der Waals surface area (Å²) in [6.45, 7) is 6.45. The fourth-order valence-electron chi connectivity index (χ4n) is 5.46. The Balaban J connectivity index is 1.19. The molecule has 4 aromatic rings. The van der Waals surface area contributed by atoms with E-state index in [-0.39, 0.29) is 6.04 Å². The number of hydrogen-bond donors (Lipinski definition) is 1. The maximum absolute atomic E-state index is 6.35. The van der Waals surface area contributed by atoms with E-state index in [0.717, 1.165) is 87.5 Å². The minimum atomic E-state index is -0.0279. The van der Waals surface area contributed by atoms with Gasteiger partial charge in [0.25, 0.3) is 0 Å². The second kappa shape index (κ2) is 11.1. The first-order valence-corrected chi connectivity index (χ1v) is 13.5. The first-order chi connectivity index (χ1) is 18.3. The van der Waals surface area contributed by atoms with E-state index in [1.165, 1.54) is 22.2 Å². The van der Waals surface area contributed by atoms with Crippen molar-refractivity contribution in [1.82, 2.24) is 19.9 Å². The van der Waals surface area contributed by atoms with E-state index < -0.39 is 0 Å². The van der Waals surface area contributed by atoms with Crippen LogP contribution < -0.4 is 9.64 Å². The number of morpholine rings is 1. The highest BCUT2D eigenvalue weighted by atomic mass is 35.5. The predicted molar refractivity (Wildman–Crippen MR) is 147 cm³/mol. The Morgan fingerprint density at radius 3 is 2.62 bits per heavy atom. The molecule has 7 nitrogen and oxygen atoms in total. The van der Waals surface area contributed by atoms with Crippen LogP contribution in [0.25, 0.3) is 10.9 Å². The van der Waals surface area contributed by atoms with E-state index in [9.17, 15) is 0 Å². The van der Waals surface area contributed by atoms with E-state index >= 15 is 0 Å². The number of fused-ring (bicyclic) bond motifs is 3. The monoisotopic (exact) mass is 517 g/mol. The lowest BCUT2D eigenvalue weighted by Crippen LogP contribution is -2.37. The van der Waals surface area contributed by atoms with Gasteiger partial charge in [0.1, 0.15) is 5.75 Å². The number of anilines is 1. The van der Waals surface area contributed by atoms with E-state index in [1.54, 1.807) is 12.4 Å². The summed E-state index contributed by atoms with van der Waals surface area (Å²) in [5.74, 6) is 1.63. The molecule has 8 heteroatoms. The molecule has 4 heterocycles. The molecule has 2 aliphatic heterocycles. The molecule has 1 saturated heterocycles. The van der Waals surface area contributed by atoms with Crippen molar-refractivity contribution in [2.45, 2.75) is 25.3 Å². The second-order valence-electron chi connectivity index (χ2n) is 9.68. The van der Waals surface area contributed by atoms with Crippen molar-refractivity contribution in [3.8, 4) is 5.75 Å². The Bertz CT molecular complexity index is 1320. The number of H-pyrrole nitrogens is 1. The molecular formula is C29H32ClN5O2. The number of nitrogens with one attached hydrogen (secondary N) is 1. The number of hydrogen-bond acceptors (Lipinski definition) is 6. The Labute approximate surface area is 222 Å². The lowest BCUT2D eigenvalue weighted by Gasteiger charge is -2.36. The number of ether oxygens (including phenoxy) is 2. The van der Waals surface area contributed by atoms with Crippen LogP contribution in [-0.4, -0.2) is 65.9 Å². The number of aromatic amines is 1. The number of benzene rings is 2. The molecule has 37 heavy (non-hydrogen) atoms. The predicted octanol–water partition coefficient (Wildman–Crippen LogP) is 5.25. The van der Waals surface area contributed by atoms with Crippen LogP contribution in [0.3, 0.4) is 0 Å². The summed E-state index contributed by atoms with van der Waals surface area (Å²) in [5, 5.41) is 1.95. The highest BCUT2D eigenvalue weighted by Gasteiger charge is 2.33. The zero-order valence-electron chi connectivity index (χ0n) is 20.9. The smallest absolute Gasteiger partial charge is 0.226 e. The third-order valence-corrected chi connectivity index (χ3v) is 7.57. The minimum absolute atomic E-state index is 0.0279. The molecule has 192 valence electrons. The number of aromatic nitrogens is 3. The Kier molecular flexibility index (Phi) is 7.26. The van der Waals surface area contributed by atoms with Crippen molar-refractivity contribution < 1.29 is 9.47 Å². The molecule has 1 atom stereocenters. The van der Waals surface area contributed by atoms with Crippen LogP contribution in [0.4, 0.5) is 5.95 Å². The largest absolute Gasteiger partial charge is 0.494 e. The van der Waals surface area contributed by atoms with Crippen LogP contribution in [-0.2, 0) is 11.2 Å². The van der Waals surface area contributed by atoms with Crippen molar-refractivity contribution in [1.29, 1.82) is 0 Å². The molecule has 6 rings (SSSR count). The Morgan fingerprint density at radius 1 is 1.00 bits per heavy atom. The normalized spacial score (nSPS) is 18.2.